The molecule has 0 spiro atoms. The van der Waals surface area contributed by atoms with E-state index < -0.39 is 0 Å². The highest BCUT2D eigenvalue weighted by Gasteiger charge is 2.17. The standard InChI is InChI=1S/C16H16N6O2/c23-15(17-9-14-20-19-13-6-3-7-21(13)14)10-22-16(24)12-5-2-1-4-11(12)8-18-22/h1-2,4-5,8H,3,6-7,9-10H2,(H,17,23). The Morgan fingerprint density at radius 1 is 1.25 bits per heavy atom. The normalized spacial score (nSPS) is 13.2. The van der Waals surface area contributed by atoms with Crippen molar-refractivity contribution in [2.24, 2.45) is 0 Å². The number of amides is 1. The minimum Gasteiger partial charge on any atom is -0.347 e. The smallest absolute Gasteiger partial charge is 0.275 e. The van der Waals surface area contributed by atoms with Gasteiger partial charge in [0, 0.05) is 18.4 Å². The topological polar surface area (TPSA) is 94.7 Å². The number of carbonyl (C=O) groups is 1. The summed E-state index contributed by atoms with van der Waals surface area (Å²) in [5.41, 5.74) is -0.272. The summed E-state index contributed by atoms with van der Waals surface area (Å²) in [4.78, 5) is 24.5. The molecule has 24 heavy (non-hydrogen) atoms. The lowest BCUT2D eigenvalue weighted by atomic mass is 10.2. The summed E-state index contributed by atoms with van der Waals surface area (Å²) in [7, 11) is 0. The Labute approximate surface area is 137 Å². The average Bonchev–Trinajstić information content (AvgIpc) is 3.20. The highest BCUT2D eigenvalue weighted by atomic mass is 16.2. The zero-order valence-corrected chi connectivity index (χ0v) is 13.0. The third kappa shape index (κ3) is 2.55. The molecule has 0 atom stereocenters. The van der Waals surface area contributed by atoms with Gasteiger partial charge in [-0.1, -0.05) is 18.2 Å². The van der Waals surface area contributed by atoms with Crippen molar-refractivity contribution in [3.63, 3.8) is 0 Å². The summed E-state index contributed by atoms with van der Waals surface area (Å²) in [6.07, 6.45) is 3.58. The maximum atomic E-state index is 12.3. The third-order valence-corrected chi connectivity index (χ3v) is 4.18. The Balaban J connectivity index is 1.46. The largest absolute Gasteiger partial charge is 0.347 e. The van der Waals surface area contributed by atoms with Gasteiger partial charge in [-0.25, -0.2) is 4.68 Å². The molecular weight excluding hydrogens is 308 g/mol. The first kappa shape index (κ1) is 14.6. The van der Waals surface area contributed by atoms with E-state index in [-0.39, 0.29) is 18.0 Å². The molecule has 3 aromatic rings. The second-order valence-corrected chi connectivity index (χ2v) is 5.76. The molecule has 1 aliphatic heterocycles. The van der Waals surface area contributed by atoms with Crippen molar-refractivity contribution < 1.29 is 4.79 Å². The van der Waals surface area contributed by atoms with E-state index in [1.165, 1.54) is 4.68 Å². The van der Waals surface area contributed by atoms with Gasteiger partial charge in [0.1, 0.15) is 12.4 Å². The molecule has 0 unspecified atom stereocenters. The van der Waals surface area contributed by atoms with Gasteiger partial charge >= 0.3 is 0 Å². The molecular formula is C16H16N6O2. The Hall–Kier alpha value is -3.03. The Kier molecular flexibility index (Phi) is 3.56. The molecule has 1 aliphatic rings. The zero-order chi connectivity index (χ0) is 16.5. The number of hydrogen-bond acceptors (Lipinski definition) is 5. The fraction of sp³-hybridized carbons (Fsp3) is 0.312. The number of rotatable bonds is 4. The summed E-state index contributed by atoms with van der Waals surface area (Å²) in [5, 5.41) is 16.3. The van der Waals surface area contributed by atoms with Crippen molar-refractivity contribution >= 4 is 16.7 Å². The Morgan fingerprint density at radius 3 is 3.04 bits per heavy atom. The lowest BCUT2D eigenvalue weighted by molar-refractivity contribution is -0.122. The van der Waals surface area contributed by atoms with Gasteiger partial charge in [0.05, 0.1) is 18.1 Å². The number of aryl methyl sites for hydroxylation is 1. The van der Waals surface area contributed by atoms with E-state index in [1.54, 1.807) is 18.3 Å². The molecule has 4 rings (SSSR count). The average molecular weight is 324 g/mol. The van der Waals surface area contributed by atoms with Crippen LogP contribution in [0.1, 0.15) is 18.1 Å². The number of nitrogens with zero attached hydrogens (tertiary/aromatic N) is 5. The van der Waals surface area contributed by atoms with Crippen molar-refractivity contribution in [1.29, 1.82) is 0 Å². The van der Waals surface area contributed by atoms with Gasteiger partial charge in [0.15, 0.2) is 5.82 Å². The molecule has 8 heteroatoms. The second kappa shape index (κ2) is 5.88. The summed E-state index contributed by atoms with van der Waals surface area (Å²) < 4.78 is 3.20. The molecule has 122 valence electrons. The van der Waals surface area contributed by atoms with Crippen LogP contribution in [0.4, 0.5) is 0 Å². The maximum Gasteiger partial charge on any atom is 0.275 e. The molecule has 8 nitrogen and oxygen atoms in total. The molecule has 0 saturated carbocycles. The predicted octanol–water partition coefficient (Wildman–Crippen LogP) is 0.251. The van der Waals surface area contributed by atoms with Gasteiger partial charge in [-0.05, 0) is 12.5 Å². The zero-order valence-electron chi connectivity index (χ0n) is 13.0. The van der Waals surface area contributed by atoms with Crippen LogP contribution >= 0.6 is 0 Å². The van der Waals surface area contributed by atoms with Crippen LogP contribution in [-0.2, 0) is 30.8 Å². The van der Waals surface area contributed by atoms with Crippen LogP contribution in [0.25, 0.3) is 10.8 Å². The van der Waals surface area contributed by atoms with Crippen LogP contribution in [0, 0.1) is 0 Å². The first-order valence-corrected chi connectivity index (χ1v) is 7.85. The van der Waals surface area contributed by atoms with Crippen molar-refractivity contribution in [2.45, 2.75) is 32.5 Å². The molecule has 1 N–H and O–H groups in total. The van der Waals surface area contributed by atoms with E-state index >= 15 is 0 Å². The van der Waals surface area contributed by atoms with Gasteiger partial charge in [0.2, 0.25) is 5.91 Å². The van der Waals surface area contributed by atoms with Crippen molar-refractivity contribution in [3.05, 3.63) is 52.5 Å². The first-order valence-electron chi connectivity index (χ1n) is 7.85. The van der Waals surface area contributed by atoms with Gasteiger partial charge in [0.25, 0.3) is 5.56 Å². The lowest BCUT2D eigenvalue weighted by Gasteiger charge is -2.07. The highest BCUT2D eigenvalue weighted by Crippen LogP contribution is 2.13. The first-order chi connectivity index (χ1) is 11.7. The lowest BCUT2D eigenvalue weighted by Crippen LogP contribution is -2.33. The van der Waals surface area contributed by atoms with Crippen LogP contribution in [0.5, 0.6) is 0 Å². The van der Waals surface area contributed by atoms with E-state index in [1.807, 2.05) is 16.7 Å². The molecule has 0 radical (unpaired) electrons. The van der Waals surface area contributed by atoms with Gasteiger partial charge in [-0.15, -0.1) is 10.2 Å². The predicted molar refractivity (Wildman–Crippen MR) is 86.2 cm³/mol. The second-order valence-electron chi connectivity index (χ2n) is 5.76. The van der Waals surface area contributed by atoms with Gasteiger partial charge in [-0.3, -0.25) is 9.59 Å². The summed E-state index contributed by atoms with van der Waals surface area (Å²) in [5.74, 6) is 1.43. The summed E-state index contributed by atoms with van der Waals surface area (Å²) >= 11 is 0. The summed E-state index contributed by atoms with van der Waals surface area (Å²) in [6, 6.07) is 7.19. The summed E-state index contributed by atoms with van der Waals surface area (Å²) in [6.45, 7) is 1.07. The van der Waals surface area contributed by atoms with Crippen molar-refractivity contribution in [3.8, 4) is 0 Å². The van der Waals surface area contributed by atoms with E-state index in [0.29, 0.717) is 11.9 Å². The molecule has 0 aliphatic carbocycles. The quantitative estimate of drug-likeness (QED) is 0.742. The number of aromatic nitrogens is 5. The van der Waals surface area contributed by atoms with Crippen molar-refractivity contribution in [1.82, 2.24) is 29.9 Å². The molecule has 0 fully saturated rings. The van der Waals surface area contributed by atoms with Crippen LogP contribution in [0.3, 0.4) is 0 Å². The van der Waals surface area contributed by atoms with Crippen LogP contribution < -0.4 is 10.9 Å². The van der Waals surface area contributed by atoms with Crippen LogP contribution in [0.15, 0.2) is 35.3 Å². The molecule has 0 bridgehead atoms. The van der Waals surface area contributed by atoms with Gasteiger partial charge < -0.3 is 9.88 Å². The van der Waals surface area contributed by atoms with E-state index in [2.05, 4.69) is 20.6 Å². The number of carbonyl (C=O) groups excluding carboxylic acids is 1. The van der Waals surface area contributed by atoms with E-state index in [0.717, 1.165) is 36.4 Å². The molecule has 0 saturated heterocycles. The molecule has 3 heterocycles. The minimum atomic E-state index is -0.282. The number of nitrogens with one attached hydrogen (secondary N) is 1. The minimum absolute atomic E-state index is 0.120. The van der Waals surface area contributed by atoms with Gasteiger partial charge in [-0.2, -0.15) is 5.10 Å². The Morgan fingerprint density at radius 2 is 2.12 bits per heavy atom. The molecule has 1 amide bonds. The maximum absolute atomic E-state index is 12.3. The number of benzene rings is 1. The fourth-order valence-corrected chi connectivity index (χ4v) is 2.95. The number of fused-ring (bicyclic) bond motifs is 2. The van der Waals surface area contributed by atoms with E-state index in [4.69, 9.17) is 0 Å². The van der Waals surface area contributed by atoms with Crippen molar-refractivity contribution in [2.75, 3.05) is 0 Å². The molecule has 2 aromatic heterocycles. The highest BCUT2D eigenvalue weighted by molar-refractivity contribution is 5.81. The molecule has 1 aromatic carbocycles. The van der Waals surface area contributed by atoms with Crippen LogP contribution in [0.2, 0.25) is 0 Å². The van der Waals surface area contributed by atoms with Crippen LogP contribution in [-0.4, -0.2) is 30.5 Å². The number of hydrogen-bond donors (Lipinski definition) is 1. The Bertz CT molecular complexity index is 974. The SMILES string of the molecule is O=C(Cn1ncc2ccccc2c1=O)NCc1nnc2n1CCC2. The monoisotopic (exact) mass is 324 g/mol. The fourth-order valence-electron chi connectivity index (χ4n) is 2.95. The van der Waals surface area contributed by atoms with E-state index in [9.17, 15) is 9.59 Å². The third-order valence-electron chi connectivity index (χ3n) is 4.18.